The highest BCUT2D eigenvalue weighted by Crippen LogP contribution is 2.39. The summed E-state index contributed by atoms with van der Waals surface area (Å²) in [4.78, 5) is 36.5. The van der Waals surface area contributed by atoms with Crippen molar-refractivity contribution < 1.29 is 19.5 Å². The van der Waals surface area contributed by atoms with Gasteiger partial charge in [-0.05, 0) is 16.0 Å². The van der Waals surface area contributed by atoms with E-state index < -0.39 is 35.2 Å². The van der Waals surface area contributed by atoms with Crippen molar-refractivity contribution in [1.82, 2.24) is 30.4 Å². The number of nitrogens with one attached hydrogen (secondary N) is 1. The van der Waals surface area contributed by atoms with Crippen LogP contribution in [0.15, 0.2) is 18.5 Å². The van der Waals surface area contributed by atoms with E-state index in [0.29, 0.717) is 11.3 Å². The Labute approximate surface area is 128 Å². The molecule has 22 heavy (non-hydrogen) atoms. The Hall–Kier alpha value is -2.43. The first-order chi connectivity index (χ1) is 10.5. The summed E-state index contributed by atoms with van der Waals surface area (Å²) in [6.45, 7) is 3.59. The molecule has 2 aliphatic heterocycles. The number of carbonyl (C=O) groups excluding carboxylic acids is 2. The van der Waals surface area contributed by atoms with Gasteiger partial charge >= 0.3 is 5.97 Å². The number of amides is 2. The number of carboxylic acid groups (broad SMARTS) is 1. The van der Waals surface area contributed by atoms with Crippen molar-refractivity contribution in [2.75, 3.05) is 5.75 Å². The minimum absolute atomic E-state index is 0.108. The fourth-order valence-corrected chi connectivity index (χ4v) is 3.76. The number of tetrazole rings is 1. The Morgan fingerprint density at radius 3 is 2.95 bits per heavy atom. The molecular formula is C11H12N6O4S. The fraction of sp³-hybridized carbons (Fsp3) is 0.455. The standard InChI is InChI=1S/C11H12N6O4S/c1-5-3-22-10-7(9(19)17(10)8(5)11(20)21)13-6(18)2-16-4-12-14-15-16/h4,7-8,10H,1-3H2,(H,13,18)(H,20,21)/t7?,8?,10-/m1/s1. The zero-order valence-electron chi connectivity index (χ0n) is 11.2. The van der Waals surface area contributed by atoms with Crippen molar-refractivity contribution >= 4 is 29.5 Å². The zero-order chi connectivity index (χ0) is 15.9. The number of carboxylic acids is 1. The highest BCUT2D eigenvalue weighted by atomic mass is 32.2. The van der Waals surface area contributed by atoms with Crippen molar-refractivity contribution in [3.8, 4) is 0 Å². The molecule has 0 aliphatic carbocycles. The highest BCUT2D eigenvalue weighted by molar-refractivity contribution is 8.00. The summed E-state index contributed by atoms with van der Waals surface area (Å²) in [6, 6.07) is -1.75. The molecule has 2 N–H and O–H groups in total. The number of nitrogens with zero attached hydrogens (tertiary/aromatic N) is 5. The minimum Gasteiger partial charge on any atom is -0.479 e. The lowest BCUT2D eigenvalue weighted by Crippen LogP contribution is -2.74. The van der Waals surface area contributed by atoms with Gasteiger partial charge in [0.1, 0.15) is 24.3 Å². The summed E-state index contributed by atoms with van der Waals surface area (Å²) in [5, 5.41) is 21.8. The second kappa shape index (κ2) is 5.40. The van der Waals surface area contributed by atoms with E-state index in [0.717, 1.165) is 0 Å². The molecule has 3 rings (SSSR count). The Bertz CT molecular complexity index is 647. The molecule has 11 heteroatoms. The molecule has 2 aliphatic rings. The summed E-state index contributed by atoms with van der Waals surface area (Å²) in [6.07, 6.45) is 1.29. The van der Waals surface area contributed by atoms with Gasteiger partial charge in [-0.15, -0.1) is 16.9 Å². The SMILES string of the molecule is C=C1CS[C@@H]2C(NC(=O)Cn3cnnn3)C(=O)N2C1C(=O)O. The van der Waals surface area contributed by atoms with Crippen LogP contribution in [0.3, 0.4) is 0 Å². The molecule has 10 nitrogen and oxygen atoms in total. The minimum atomic E-state index is -1.11. The number of β-lactam (4-membered cyclic amide) rings is 1. The topological polar surface area (TPSA) is 130 Å². The van der Waals surface area contributed by atoms with Crippen LogP contribution >= 0.6 is 11.8 Å². The molecule has 0 saturated carbocycles. The molecule has 2 saturated heterocycles. The Morgan fingerprint density at radius 2 is 2.32 bits per heavy atom. The van der Waals surface area contributed by atoms with E-state index in [9.17, 15) is 19.5 Å². The smallest absolute Gasteiger partial charge is 0.330 e. The first-order valence-corrected chi connectivity index (χ1v) is 7.38. The lowest BCUT2D eigenvalue weighted by molar-refractivity contribution is -0.160. The molecule has 3 heterocycles. The zero-order valence-corrected chi connectivity index (χ0v) is 12.1. The maximum atomic E-state index is 12.1. The van der Waals surface area contributed by atoms with Gasteiger partial charge < -0.3 is 15.3 Å². The van der Waals surface area contributed by atoms with E-state index in [1.54, 1.807) is 0 Å². The second-order valence-electron chi connectivity index (χ2n) is 4.90. The Morgan fingerprint density at radius 1 is 1.55 bits per heavy atom. The summed E-state index contributed by atoms with van der Waals surface area (Å²) < 4.78 is 1.23. The number of carbonyl (C=O) groups is 3. The van der Waals surface area contributed by atoms with Crippen LogP contribution in [0.4, 0.5) is 0 Å². The average Bonchev–Trinajstić information content (AvgIpc) is 2.97. The quantitative estimate of drug-likeness (QED) is 0.484. The third kappa shape index (κ3) is 2.32. The molecular weight excluding hydrogens is 312 g/mol. The monoisotopic (exact) mass is 324 g/mol. The fourth-order valence-electron chi connectivity index (χ4n) is 2.45. The number of fused-ring (bicyclic) bond motifs is 1. The molecule has 116 valence electrons. The third-order valence-electron chi connectivity index (χ3n) is 3.43. The summed E-state index contributed by atoms with van der Waals surface area (Å²) in [7, 11) is 0. The lowest BCUT2D eigenvalue weighted by Gasteiger charge is -2.52. The number of aliphatic carboxylic acids is 1. The van der Waals surface area contributed by atoms with Crippen LogP contribution in [-0.4, -0.2) is 71.2 Å². The van der Waals surface area contributed by atoms with Crippen molar-refractivity contribution in [3.05, 3.63) is 18.5 Å². The van der Waals surface area contributed by atoms with Gasteiger partial charge in [-0.1, -0.05) is 6.58 Å². The van der Waals surface area contributed by atoms with Gasteiger partial charge in [0.15, 0.2) is 6.04 Å². The molecule has 3 atom stereocenters. The van der Waals surface area contributed by atoms with E-state index in [1.165, 1.54) is 27.7 Å². The molecule has 2 amide bonds. The molecule has 1 aromatic rings. The van der Waals surface area contributed by atoms with Gasteiger partial charge in [-0.2, -0.15) is 0 Å². The summed E-state index contributed by atoms with van der Waals surface area (Å²) in [5.41, 5.74) is 0.473. The largest absolute Gasteiger partial charge is 0.479 e. The van der Waals surface area contributed by atoms with Gasteiger partial charge in [0.05, 0.1) is 0 Å². The molecule has 0 aromatic carbocycles. The van der Waals surface area contributed by atoms with E-state index >= 15 is 0 Å². The second-order valence-corrected chi connectivity index (χ2v) is 6.00. The van der Waals surface area contributed by atoms with Gasteiger partial charge in [0, 0.05) is 5.75 Å². The first kappa shape index (κ1) is 14.5. The molecule has 0 spiro atoms. The normalized spacial score (nSPS) is 27.1. The number of hydrogen-bond acceptors (Lipinski definition) is 7. The number of hydrogen-bond donors (Lipinski definition) is 2. The van der Waals surface area contributed by atoms with Crippen LogP contribution in [0.5, 0.6) is 0 Å². The maximum absolute atomic E-state index is 12.1. The van der Waals surface area contributed by atoms with E-state index in [2.05, 4.69) is 27.4 Å². The number of thioether (sulfide) groups is 1. The number of aromatic nitrogens is 4. The van der Waals surface area contributed by atoms with Crippen LogP contribution in [0.25, 0.3) is 0 Å². The number of rotatable bonds is 4. The summed E-state index contributed by atoms with van der Waals surface area (Å²) >= 11 is 1.38. The van der Waals surface area contributed by atoms with E-state index in [1.807, 2.05) is 0 Å². The molecule has 0 radical (unpaired) electrons. The predicted molar refractivity (Wildman–Crippen MR) is 73.4 cm³/mol. The van der Waals surface area contributed by atoms with E-state index in [4.69, 9.17) is 0 Å². The molecule has 1 aromatic heterocycles. The van der Waals surface area contributed by atoms with Gasteiger partial charge in [0.25, 0.3) is 0 Å². The average molecular weight is 324 g/mol. The maximum Gasteiger partial charge on any atom is 0.330 e. The van der Waals surface area contributed by atoms with Gasteiger partial charge in [-0.25, -0.2) is 9.48 Å². The van der Waals surface area contributed by atoms with Gasteiger partial charge in [-0.3, -0.25) is 9.59 Å². The Balaban J connectivity index is 1.65. The highest BCUT2D eigenvalue weighted by Gasteiger charge is 2.56. The van der Waals surface area contributed by atoms with Gasteiger partial charge in [0.2, 0.25) is 11.8 Å². The van der Waals surface area contributed by atoms with Crippen LogP contribution in [0, 0.1) is 0 Å². The van der Waals surface area contributed by atoms with E-state index in [-0.39, 0.29) is 6.54 Å². The molecule has 0 bridgehead atoms. The van der Waals surface area contributed by atoms with Crippen LogP contribution in [0.1, 0.15) is 0 Å². The van der Waals surface area contributed by atoms with Crippen LogP contribution in [0.2, 0.25) is 0 Å². The van der Waals surface area contributed by atoms with Crippen molar-refractivity contribution in [3.63, 3.8) is 0 Å². The first-order valence-electron chi connectivity index (χ1n) is 6.33. The van der Waals surface area contributed by atoms with Crippen LogP contribution in [-0.2, 0) is 20.9 Å². The lowest BCUT2D eigenvalue weighted by atomic mass is 9.98. The van der Waals surface area contributed by atoms with Crippen molar-refractivity contribution in [2.24, 2.45) is 0 Å². The molecule has 2 fully saturated rings. The van der Waals surface area contributed by atoms with Crippen LogP contribution < -0.4 is 5.32 Å². The van der Waals surface area contributed by atoms with Crippen molar-refractivity contribution in [2.45, 2.75) is 24.0 Å². The Kier molecular flexibility index (Phi) is 3.56. The van der Waals surface area contributed by atoms with Crippen molar-refractivity contribution in [1.29, 1.82) is 0 Å². The molecule has 2 unspecified atom stereocenters. The summed E-state index contributed by atoms with van der Waals surface area (Å²) in [5.74, 6) is -1.51. The third-order valence-corrected chi connectivity index (χ3v) is 4.81. The predicted octanol–water partition coefficient (Wildman–Crippen LogP) is -1.92.